The number of anilines is 1. The van der Waals surface area contributed by atoms with Crippen LogP contribution < -0.4 is 14.8 Å². The lowest BCUT2D eigenvalue weighted by molar-refractivity contribution is -0.112. The zero-order valence-electron chi connectivity index (χ0n) is 20.9. The third-order valence-electron chi connectivity index (χ3n) is 5.68. The van der Waals surface area contributed by atoms with Gasteiger partial charge in [-0.15, -0.1) is 0 Å². The van der Waals surface area contributed by atoms with Gasteiger partial charge < -0.3 is 14.8 Å². The Morgan fingerprint density at radius 2 is 1.41 bits per heavy atom. The molecule has 0 aliphatic rings. The Balaban J connectivity index is 1.31. The van der Waals surface area contributed by atoms with Crippen molar-refractivity contribution in [3.8, 4) is 17.6 Å². The quantitative estimate of drug-likeness (QED) is 0.203. The Labute approximate surface area is 217 Å². The van der Waals surface area contributed by atoms with Gasteiger partial charge in [0.05, 0.1) is 0 Å². The van der Waals surface area contributed by atoms with E-state index in [-0.39, 0.29) is 5.57 Å². The lowest BCUT2D eigenvalue weighted by atomic mass is 10.1. The molecule has 0 bridgehead atoms. The average molecular weight is 489 g/mol. The molecule has 37 heavy (non-hydrogen) atoms. The fourth-order valence-corrected chi connectivity index (χ4v) is 3.63. The van der Waals surface area contributed by atoms with E-state index in [9.17, 15) is 10.1 Å². The molecule has 5 nitrogen and oxygen atoms in total. The molecule has 0 radical (unpaired) electrons. The van der Waals surface area contributed by atoms with Gasteiger partial charge in [-0.3, -0.25) is 4.79 Å². The van der Waals surface area contributed by atoms with Gasteiger partial charge in [-0.2, -0.15) is 5.26 Å². The fourth-order valence-electron chi connectivity index (χ4n) is 3.63. The van der Waals surface area contributed by atoms with E-state index in [2.05, 4.69) is 11.4 Å². The van der Waals surface area contributed by atoms with E-state index < -0.39 is 5.91 Å². The molecule has 0 saturated carbocycles. The van der Waals surface area contributed by atoms with Gasteiger partial charge in [-0.1, -0.05) is 71.8 Å². The molecular weight excluding hydrogens is 460 g/mol. The summed E-state index contributed by atoms with van der Waals surface area (Å²) < 4.78 is 11.7. The van der Waals surface area contributed by atoms with Gasteiger partial charge in [0, 0.05) is 5.69 Å². The summed E-state index contributed by atoms with van der Waals surface area (Å²) in [5.74, 6) is 0.932. The predicted octanol–water partition coefficient (Wildman–Crippen LogP) is 7.01. The van der Waals surface area contributed by atoms with Gasteiger partial charge in [0.1, 0.15) is 36.4 Å². The molecule has 184 valence electrons. The summed E-state index contributed by atoms with van der Waals surface area (Å²) in [5.41, 5.74) is 5.88. The first-order valence-electron chi connectivity index (χ1n) is 12.0. The molecule has 0 heterocycles. The number of nitriles is 1. The van der Waals surface area contributed by atoms with E-state index >= 15 is 0 Å². The first-order chi connectivity index (χ1) is 18.0. The minimum Gasteiger partial charge on any atom is -0.489 e. The van der Waals surface area contributed by atoms with Crippen LogP contribution in [0.15, 0.2) is 103 Å². The minimum atomic E-state index is -0.476. The van der Waals surface area contributed by atoms with Crippen molar-refractivity contribution in [3.05, 3.63) is 130 Å². The van der Waals surface area contributed by atoms with E-state index in [1.165, 1.54) is 11.1 Å². The maximum Gasteiger partial charge on any atom is 0.266 e. The first-order valence-corrected chi connectivity index (χ1v) is 12.0. The summed E-state index contributed by atoms with van der Waals surface area (Å²) in [6, 6.07) is 32.7. The third kappa shape index (κ3) is 7.58. The molecule has 0 aromatic heterocycles. The minimum absolute atomic E-state index is 0.00752. The zero-order valence-corrected chi connectivity index (χ0v) is 20.9. The number of aryl methyl sites for hydroxylation is 2. The van der Waals surface area contributed by atoms with Crippen LogP contribution in [-0.2, 0) is 18.0 Å². The molecule has 1 amide bonds. The molecule has 4 rings (SSSR count). The number of hydrogen-bond donors (Lipinski definition) is 1. The van der Waals surface area contributed by atoms with E-state index in [1.807, 2.05) is 86.6 Å². The summed E-state index contributed by atoms with van der Waals surface area (Å²) in [5, 5.41) is 12.3. The molecule has 4 aromatic rings. The van der Waals surface area contributed by atoms with Gasteiger partial charge in [0.2, 0.25) is 0 Å². The summed E-state index contributed by atoms with van der Waals surface area (Å²) >= 11 is 0. The highest BCUT2D eigenvalue weighted by Crippen LogP contribution is 2.20. The maximum atomic E-state index is 12.7. The molecule has 0 aliphatic heterocycles. The van der Waals surface area contributed by atoms with Crippen LogP contribution in [0.3, 0.4) is 0 Å². The van der Waals surface area contributed by atoms with E-state index in [0.29, 0.717) is 30.4 Å². The molecule has 0 unspecified atom stereocenters. The third-order valence-corrected chi connectivity index (χ3v) is 5.68. The van der Waals surface area contributed by atoms with Gasteiger partial charge in [0.15, 0.2) is 0 Å². The summed E-state index contributed by atoms with van der Waals surface area (Å²) in [7, 11) is 0. The molecule has 0 atom stereocenters. The second kappa shape index (κ2) is 12.2. The number of benzene rings is 4. The average Bonchev–Trinajstić information content (AvgIpc) is 2.91. The lowest BCUT2D eigenvalue weighted by Gasteiger charge is -2.09. The van der Waals surface area contributed by atoms with Crippen LogP contribution in [0.4, 0.5) is 5.69 Å². The van der Waals surface area contributed by atoms with Crippen molar-refractivity contribution in [1.29, 1.82) is 5.26 Å². The van der Waals surface area contributed by atoms with Crippen molar-refractivity contribution >= 4 is 17.7 Å². The number of ether oxygens (including phenoxy) is 2. The zero-order chi connectivity index (χ0) is 26.0. The SMILES string of the molecule is Cc1ccc(COc2ccc(NC(=O)/C(C#N)=C/c3ccc(OCc4cccc(C)c4)cc3)cc2)cc1. The van der Waals surface area contributed by atoms with Crippen molar-refractivity contribution < 1.29 is 14.3 Å². The van der Waals surface area contributed by atoms with Crippen LogP contribution in [0, 0.1) is 25.2 Å². The molecule has 1 N–H and O–H groups in total. The summed E-state index contributed by atoms with van der Waals surface area (Å²) in [4.78, 5) is 12.7. The molecule has 0 spiro atoms. The smallest absolute Gasteiger partial charge is 0.266 e. The number of hydrogen-bond acceptors (Lipinski definition) is 4. The van der Waals surface area contributed by atoms with Crippen LogP contribution in [-0.4, -0.2) is 5.91 Å². The van der Waals surface area contributed by atoms with Crippen molar-refractivity contribution in [2.24, 2.45) is 0 Å². The molecule has 4 aromatic carbocycles. The highest BCUT2D eigenvalue weighted by molar-refractivity contribution is 6.09. The van der Waals surface area contributed by atoms with Crippen LogP contribution >= 0.6 is 0 Å². The maximum absolute atomic E-state index is 12.7. The second-order valence-corrected chi connectivity index (χ2v) is 8.77. The topological polar surface area (TPSA) is 71.3 Å². The van der Waals surface area contributed by atoms with Crippen LogP contribution in [0.25, 0.3) is 6.08 Å². The monoisotopic (exact) mass is 488 g/mol. The Kier molecular flexibility index (Phi) is 8.36. The molecule has 0 aliphatic carbocycles. The van der Waals surface area contributed by atoms with Crippen molar-refractivity contribution in [3.63, 3.8) is 0 Å². The number of nitrogens with zero attached hydrogens (tertiary/aromatic N) is 1. The Hall–Kier alpha value is -4.82. The lowest BCUT2D eigenvalue weighted by Crippen LogP contribution is -2.13. The van der Waals surface area contributed by atoms with E-state index in [0.717, 1.165) is 16.7 Å². The summed E-state index contributed by atoms with van der Waals surface area (Å²) in [6.45, 7) is 5.02. The largest absolute Gasteiger partial charge is 0.489 e. The normalized spacial score (nSPS) is 10.9. The Morgan fingerprint density at radius 1 is 0.784 bits per heavy atom. The second-order valence-electron chi connectivity index (χ2n) is 8.77. The van der Waals surface area contributed by atoms with Gasteiger partial charge in [0.25, 0.3) is 5.91 Å². The molecular formula is C32H28N2O3. The van der Waals surface area contributed by atoms with Crippen LogP contribution in [0.1, 0.15) is 27.8 Å². The number of rotatable bonds is 9. The van der Waals surface area contributed by atoms with E-state index in [4.69, 9.17) is 9.47 Å². The van der Waals surface area contributed by atoms with Crippen LogP contribution in [0.5, 0.6) is 11.5 Å². The summed E-state index contributed by atoms with van der Waals surface area (Å²) in [6.07, 6.45) is 1.55. The number of nitrogens with one attached hydrogen (secondary N) is 1. The fraction of sp³-hybridized carbons (Fsp3) is 0.125. The Bertz CT molecular complexity index is 1420. The highest BCUT2D eigenvalue weighted by atomic mass is 16.5. The molecule has 0 saturated heterocycles. The van der Waals surface area contributed by atoms with Crippen LogP contribution in [0.2, 0.25) is 0 Å². The highest BCUT2D eigenvalue weighted by Gasteiger charge is 2.10. The Morgan fingerprint density at radius 3 is 2.03 bits per heavy atom. The standard InChI is InChI=1S/C32H28N2O3/c1-23-6-8-26(9-7-23)21-36-31-16-12-29(13-17-31)34-32(35)28(20-33)19-25-10-14-30(15-11-25)37-22-27-5-3-4-24(2)18-27/h3-19H,21-22H2,1-2H3,(H,34,35)/b28-19+. The van der Waals surface area contributed by atoms with Gasteiger partial charge >= 0.3 is 0 Å². The number of carbonyl (C=O) groups excluding carboxylic acids is 1. The number of amides is 1. The van der Waals surface area contributed by atoms with Gasteiger partial charge in [-0.05, 0) is 73.0 Å². The molecule has 5 heteroatoms. The van der Waals surface area contributed by atoms with Crippen molar-refractivity contribution in [2.75, 3.05) is 5.32 Å². The van der Waals surface area contributed by atoms with Crippen molar-refractivity contribution in [2.45, 2.75) is 27.1 Å². The predicted molar refractivity (Wildman–Crippen MR) is 146 cm³/mol. The first kappa shape index (κ1) is 25.3. The van der Waals surface area contributed by atoms with Gasteiger partial charge in [-0.25, -0.2) is 0 Å². The molecule has 0 fully saturated rings. The van der Waals surface area contributed by atoms with E-state index in [1.54, 1.807) is 30.3 Å². The number of carbonyl (C=O) groups is 1. The van der Waals surface area contributed by atoms with Crippen molar-refractivity contribution in [1.82, 2.24) is 0 Å².